The highest BCUT2D eigenvalue weighted by molar-refractivity contribution is 5.73. The van der Waals surface area contributed by atoms with Crippen molar-refractivity contribution in [3.8, 4) is 0 Å². The van der Waals surface area contributed by atoms with Crippen LogP contribution in [0.5, 0.6) is 0 Å². The first-order chi connectivity index (χ1) is 6.43. The molecule has 0 amide bonds. The number of rotatable bonds is 1. The molecule has 3 rings (SSSR count). The van der Waals surface area contributed by atoms with Crippen molar-refractivity contribution >= 4 is 11.1 Å². The molecule has 0 atom stereocenters. The van der Waals surface area contributed by atoms with Gasteiger partial charge in [-0.25, -0.2) is 4.98 Å². The molecule has 1 N–H and O–H groups in total. The van der Waals surface area contributed by atoms with Crippen molar-refractivity contribution in [2.45, 2.75) is 5.92 Å². The summed E-state index contributed by atoms with van der Waals surface area (Å²) in [6.07, 6.45) is 1.49. The van der Waals surface area contributed by atoms with Gasteiger partial charge in [0.1, 0.15) is 5.52 Å². The van der Waals surface area contributed by atoms with Crippen LogP contribution in [-0.2, 0) is 0 Å². The second-order valence-electron chi connectivity index (χ2n) is 3.43. The predicted molar refractivity (Wildman–Crippen MR) is 49.6 cm³/mol. The largest absolute Gasteiger partial charge is 0.443 e. The zero-order chi connectivity index (χ0) is 8.67. The minimum absolute atomic E-state index is 0.662. The Bertz CT molecular complexity index is 431. The van der Waals surface area contributed by atoms with Crippen molar-refractivity contribution in [2.75, 3.05) is 13.1 Å². The quantitative estimate of drug-likeness (QED) is 0.712. The number of hydrogen-bond acceptors (Lipinski definition) is 3. The molecule has 66 valence electrons. The van der Waals surface area contributed by atoms with Crippen LogP contribution in [0.4, 0.5) is 0 Å². The highest BCUT2D eigenvalue weighted by Gasteiger charge is 2.19. The van der Waals surface area contributed by atoms with Gasteiger partial charge >= 0.3 is 0 Å². The number of hydrogen-bond donors (Lipinski definition) is 1. The van der Waals surface area contributed by atoms with Crippen molar-refractivity contribution in [1.29, 1.82) is 0 Å². The average Bonchev–Trinajstić information content (AvgIpc) is 2.47. The molecular weight excluding hydrogens is 164 g/mol. The average molecular weight is 174 g/mol. The lowest BCUT2D eigenvalue weighted by Crippen LogP contribution is -2.39. The van der Waals surface area contributed by atoms with Crippen LogP contribution in [0, 0.1) is 0 Å². The lowest BCUT2D eigenvalue weighted by molar-refractivity contribution is 0.448. The Balaban J connectivity index is 2.09. The van der Waals surface area contributed by atoms with Crippen LogP contribution >= 0.6 is 0 Å². The van der Waals surface area contributed by atoms with E-state index in [1.54, 1.807) is 0 Å². The van der Waals surface area contributed by atoms with E-state index >= 15 is 0 Å². The molecule has 0 saturated carbocycles. The van der Waals surface area contributed by atoms with Gasteiger partial charge in [-0.15, -0.1) is 0 Å². The van der Waals surface area contributed by atoms with E-state index < -0.39 is 0 Å². The Kier molecular flexibility index (Phi) is 1.40. The lowest BCUT2D eigenvalue weighted by atomic mass is 9.94. The predicted octanol–water partition coefficient (Wildman–Crippen LogP) is 1.51. The van der Waals surface area contributed by atoms with E-state index in [0.29, 0.717) is 5.92 Å². The maximum Gasteiger partial charge on any atom is 0.181 e. The fraction of sp³-hybridized carbons (Fsp3) is 0.300. The van der Waals surface area contributed by atoms with E-state index in [4.69, 9.17) is 4.42 Å². The molecule has 1 aromatic carbocycles. The minimum atomic E-state index is 0.662. The molecule has 0 spiro atoms. The third-order valence-corrected chi connectivity index (χ3v) is 2.61. The summed E-state index contributed by atoms with van der Waals surface area (Å²) in [7, 11) is 0. The van der Waals surface area contributed by atoms with Gasteiger partial charge in [0.2, 0.25) is 0 Å². The van der Waals surface area contributed by atoms with Crippen LogP contribution in [-0.4, -0.2) is 18.1 Å². The van der Waals surface area contributed by atoms with E-state index in [2.05, 4.69) is 22.4 Å². The smallest absolute Gasteiger partial charge is 0.181 e. The van der Waals surface area contributed by atoms with Crippen LogP contribution in [0.2, 0.25) is 0 Å². The topological polar surface area (TPSA) is 38.1 Å². The summed E-state index contributed by atoms with van der Waals surface area (Å²) in [5.74, 6) is 0.662. The normalized spacial score (nSPS) is 17.5. The molecule has 2 heterocycles. The van der Waals surface area contributed by atoms with Gasteiger partial charge in [-0.1, -0.05) is 6.07 Å². The van der Waals surface area contributed by atoms with Gasteiger partial charge in [0.25, 0.3) is 0 Å². The number of benzene rings is 1. The molecule has 13 heavy (non-hydrogen) atoms. The maximum atomic E-state index is 5.25. The fourth-order valence-electron chi connectivity index (χ4n) is 1.65. The van der Waals surface area contributed by atoms with Crippen molar-refractivity contribution < 1.29 is 4.42 Å². The number of oxazole rings is 1. The molecule has 1 aliphatic rings. The first kappa shape index (κ1) is 7.09. The van der Waals surface area contributed by atoms with Gasteiger partial charge in [-0.2, -0.15) is 0 Å². The maximum absolute atomic E-state index is 5.25. The van der Waals surface area contributed by atoms with E-state index in [9.17, 15) is 0 Å². The van der Waals surface area contributed by atoms with Gasteiger partial charge in [0, 0.05) is 19.0 Å². The Labute approximate surface area is 75.8 Å². The second kappa shape index (κ2) is 2.57. The third kappa shape index (κ3) is 1.04. The van der Waals surface area contributed by atoms with Crippen molar-refractivity contribution in [3.05, 3.63) is 30.2 Å². The number of nitrogens with one attached hydrogen (secondary N) is 1. The van der Waals surface area contributed by atoms with Gasteiger partial charge in [-0.3, -0.25) is 0 Å². The van der Waals surface area contributed by atoms with Crippen molar-refractivity contribution in [3.63, 3.8) is 0 Å². The first-order valence-corrected chi connectivity index (χ1v) is 4.47. The van der Waals surface area contributed by atoms with Gasteiger partial charge in [0.15, 0.2) is 12.0 Å². The molecule has 3 nitrogen and oxygen atoms in total. The van der Waals surface area contributed by atoms with Crippen LogP contribution in [0.3, 0.4) is 0 Å². The molecule has 0 radical (unpaired) electrons. The van der Waals surface area contributed by atoms with Crippen molar-refractivity contribution in [1.82, 2.24) is 10.3 Å². The minimum Gasteiger partial charge on any atom is -0.443 e. The van der Waals surface area contributed by atoms with Crippen LogP contribution < -0.4 is 5.32 Å². The fourth-order valence-corrected chi connectivity index (χ4v) is 1.65. The molecule has 1 aromatic heterocycles. The molecule has 0 aliphatic carbocycles. The van der Waals surface area contributed by atoms with E-state index in [-0.39, 0.29) is 0 Å². The Hall–Kier alpha value is -1.35. The summed E-state index contributed by atoms with van der Waals surface area (Å²) in [6.45, 7) is 2.17. The van der Waals surface area contributed by atoms with Crippen LogP contribution in [0.25, 0.3) is 11.1 Å². The molecular formula is C10H10N2O. The number of aromatic nitrogens is 1. The molecule has 1 fully saturated rings. The summed E-state index contributed by atoms with van der Waals surface area (Å²) in [6, 6.07) is 6.25. The summed E-state index contributed by atoms with van der Waals surface area (Å²) < 4.78 is 5.25. The van der Waals surface area contributed by atoms with E-state index in [0.717, 1.165) is 24.2 Å². The Morgan fingerprint density at radius 3 is 3.08 bits per heavy atom. The van der Waals surface area contributed by atoms with E-state index in [1.807, 2.05) is 6.07 Å². The molecule has 1 saturated heterocycles. The standard InChI is InChI=1S/C10H10N2O/c1-2-9-10(13-6-12-9)3-7(1)8-4-11-5-8/h1-3,6,8,11H,4-5H2. The second-order valence-corrected chi connectivity index (χ2v) is 3.43. The van der Waals surface area contributed by atoms with E-state index in [1.165, 1.54) is 12.0 Å². The molecule has 3 heteroatoms. The first-order valence-electron chi connectivity index (χ1n) is 4.47. The van der Waals surface area contributed by atoms with Crippen LogP contribution in [0.1, 0.15) is 11.5 Å². The SMILES string of the molecule is c1nc2ccc(C3CNC3)cc2o1. The molecule has 2 aromatic rings. The zero-order valence-electron chi connectivity index (χ0n) is 7.16. The van der Waals surface area contributed by atoms with Crippen LogP contribution in [0.15, 0.2) is 29.0 Å². The monoisotopic (exact) mass is 174 g/mol. The summed E-state index contributed by atoms with van der Waals surface area (Å²) in [5.41, 5.74) is 3.18. The van der Waals surface area contributed by atoms with Gasteiger partial charge < -0.3 is 9.73 Å². The highest BCUT2D eigenvalue weighted by atomic mass is 16.3. The van der Waals surface area contributed by atoms with Crippen molar-refractivity contribution in [2.24, 2.45) is 0 Å². The lowest BCUT2D eigenvalue weighted by Gasteiger charge is -2.27. The summed E-state index contributed by atoms with van der Waals surface area (Å²) >= 11 is 0. The number of fused-ring (bicyclic) bond motifs is 1. The summed E-state index contributed by atoms with van der Waals surface area (Å²) in [5, 5.41) is 3.26. The van der Waals surface area contributed by atoms with Gasteiger partial charge in [-0.05, 0) is 17.7 Å². The zero-order valence-corrected chi connectivity index (χ0v) is 7.16. The molecule has 0 bridgehead atoms. The Morgan fingerprint density at radius 1 is 1.38 bits per heavy atom. The third-order valence-electron chi connectivity index (χ3n) is 2.61. The number of nitrogens with zero attached hydrogens (tertiary/aromatic N) is 1. The Morgan fingerprint density at radius 2 is 2.31 bits per heavy atom. The summed E-state index contributed by atoms with van der Waals surface area (Å²) in [4.78, 5) is 4.08. The molecule has 1 aliphatic heterocycles. The van der Waals surface area contributed by atoms with Gasteiger partial charge in [0.05, 0.1) is 0 Å². The highest BCUT2D eigenvalue weighted by Crippen LogP contribution is 2.23. The molecule has 0 unspecified atom stereocenters.